The lowest BCUT2D eigenvalue weighted by Crippen LogP contribution is -2.63. The monoisotopic (exact) mass is 342 g/mol. The molecule has 3 heterocycles. The van der Waals surface area contributed by atoms with E-state index in [2.05, 4.69) is 32.6 Å². The molecule has 0 amide bonds. The zero-order valence-corrected chi connectivity index (χ0v) is 15.5. The molecule has 6 heteroatoms. The predicted octanol–water partition coefficient (Wildman–Crippen LogP) is 2.74. The normalized spacial score (nSPS) is 29.9. The Kier molecular flexibility index (Phi) is 4.17. The zero-order valence-electron chi connectivity index (χ0n) is 13.8. The molecule has 2 aliphatic rings. The van der Waals surface area contributed by atoms with Crippen molar-refractivity contribution < 1.29 is 8.42 Å². The minimum Gasteiger partial charge on any atom is -0.300 e. The highest BCUT2D eigenvalue weighted by molar-refractivity contribution is 7.91. The van der Waals surface area contributed by atoms with Gasteiger partial charge in [0.1, 0.15) is 4.21 Å². The Morgan fingerprint density at radius 3 is 2.23 bits per heavy atom. The highest BCUT2D eigenvalue weighted by atomic mass is 32.2. The summed E-state index contributed by atoms with van der Waals surface area (Å²) in [5.41, 5.74) is 0.215. The second-order valence-electron chi connectivity index (χ2n) is 7.52. The number of nitrogens with zero attached hydrogens (tertiary/aromatic N) is 2. The number of likely N-dealkylation sites (tertiary alicyclic amines) is 1. The minimum atomic E-state index is -3.32. The number of thiophene rings is 1. The molecule has 2 saturated heterocycles. The van der Waals surface area contributed by atoms with Crippen molar-refractivity contribution in [1.29, 1.82) is 0 Å². The molecule has 0 N–H and O–H groups in total. The van der Waals surface area contributed by atoms with Gasteiger partial charge in [0.2, 0.25) is 0 Å². The van der Waals surface area contributed by atoms with Crippen LogP contribution < -0.4 is 0 Å². The van der Waals surface area contributed by atoms with Crippen molar-refractivity contribution in [1.82, 2.24) is 9.21 Å². The minimum absolute atomic E-state index is 0.215. The van der Waals surface area contributed by atoms with Gasteiger partial charge in [0.05, 0.1) is 0 Å². The highest BCUT2D eigenvalue weighted by Crippen LogP contribution is 2.46. The molecule has 124 valence electrons. The standard InChI is InChI=1S/C16H26N2O2S2/c1-12(2)17-8-13-10-18(11-14(9-17)16(13,3)4)22(19,20)15-6-5-7-21-15/h5-7,12-14H,8-11H2,1-4H3. The van der Waals surface area contributed by atoms with Gasteiger partial charge in [-0.3, -0.25) is 0 Å². The molecule has 2 aliphatic heterocycles. The fourth-order valence-corrected chi connectivity index (χ4v) is 6.43. The van der Waals surface area contributed by atoms with E-state index in [1.807, 2.05) is 11.4 Å². The lowest BCUT2D eigenvalue weighted by Gasteiger charge is -2.56. The fraction of sp³-hybridized carbons (Fsp3) is 0.750. The van der Waals surface area contributed by atoms with Crippen LogP contribution in [0.1, 0.15) is 27.7 Å². The second-order valence-corrected chi connectivity index (χ2v) is 10.6. The maximum Gasteiger partial charge on any atom is 0.252 e. The molecule has 2 unspecified atom stereocenters. The van der Waals surface area contributed by atoms with E-state index >= 15 is 0 Å². The summed E-state index contributed by atoms with van der Waals surface area (Å²) in [5.74, 6) is 0.800. The summed E-state index contributed by atoms with van der Waals surface area (Å²) in [6, 6.07) is 4.06. The molecule has 0 aliphatic carbocycles. The molecular weight excluding hydrogens is 316 g/mol. The quantitative estimate of drug-likeness (QED) is 0.848. The van der Waals surface area contributed by atoms with Gasteiger partial charge < -0.3 is 4.90 Å². The molecule has 0 aromatic carbocycles. The summed E-state index contributed by atoms with van der Waals surface area (Å²) in [6.07, 6.45) is 0. The van der Waals surface area contributed by atoms with Gasteiger partial charge >= 0.3 is 0 Å². The summed E-state index contributed by atoms with van der Waals surface area (Å²) < 4.78 is 27.9. The van der Waals surface area contributed by atoms with Crippen LogP contribution in [-0.4, -0.2) is 49.8 Å². The first-order valence-corrected chi connectivity index (χ1v) is 10.3. The maximum absolute atomic E-state index is 12.8. The number of sulfonamides is 1. The zero-order chi connectivity index (χ0) is 16.1. The van der Waals surface area contributed by atoms with Crippen molar-refractivity contribution in [2.45, 2.75) is 37.9 Å². The summed E-state index contributed by atoms with van der Waals surface area (Å²) in [5, 5.41) is 1.84. The van der Waals surface area contributed by atoms with Crippen molar-refractivity contribution in [3.63, 3.8) is 0 Å². The first-order chi connectivity index (χ1) is 10.2. The van der Waals surface area contributed by atoms with Gasteiger partial charge in [-0.05, 0) is 42.5 Å². The van der Waals surface area contributed by atoms with Crippen LogP contribution in [0.4, 0.5) is 0 Å². The van der Waals surface area contributed by atoms with Crippen molar-refractivity contribution in [3.8, 4) is 0 Å². The van der Waals surface area contributed by atoms with Gasteiger partial charge in [-0.25, -0.2) is 8.42 Å². The van der Waals surface area contributed by atoms with Gasteiger partial charge in [0, 0.05) is 32.2 Å². The fourth-order valence-electron chi connectivity index (χ4n) is 3.75. The Hall–Kier alpha value is -0.430. The van der Waals surface area contributed by atoms with Crippen molar-refractivity contribution in [2.24, 2.45) is 17.3 Å². The van der Waals surface area contributed by atoms with Crippen LogP contribution in [0, 0.1) is 17.3 Å². The Balaban J connectivity index is 1.86. The first-order valence-electron chi connectivity index (χ1n) is 8.00. The Labute approximate surface area is 138 Å². The van der Waals surface area contributed by atoms with Crippen molar-refractivity contribution in [2.75, 3.05) is 26.2 Å². The molecule has 1 aromatic rings. The molecule has 1 aromatic heterocycles. The average molecular weight is 343 g/mol. The van der Waals surface area contributed by atoms with Crippen LogP contribution in [-0.2, 0) is 10.0 Å². The van der Waals surface area contributed by atoms with Crippen LogP contribution in [0.5, 0.6) is 0 Å². The number of hydrogen-bond acceptors (Lipinski definition) is 4. The molecule has 2 fully saturated rings. The Morgan fingerprint density at radius 2 is 1.77 bits per heavy atom. The third-order valence-electron chi connectivity index (χ3n) is 5.68. The number of fused-ring (bicyclic) bond motifs is 2. The molecule has 2 bridgehead atoms. The molecule has 0 radical (unpaired) electrons. The van der Waals surface area contributed by atoms with Crippen molar-refractivity contribution in [3.05, 3.63) is 17.5 Å². The van der Waals surface area contributed by atoms with E-state index in [0.717, 1.165) is 13.1 Å². The molecule has 0 spiro atoms. The first kappa shape index (κ1) is 16.4. The SMILES string of the molecule is CC(C)N1CC2CN(S(=O)(=O)c3cccs3)CC(C1)C2(C)C. The predicted molar refractivity (Wildman–Crippen MR) is 90.5 cm³/mol. The number of rotatable bonds is 3. The van der Waals surface area contributed by atoms with E-state index in [0.29, 0.717) is 35.2 Å². The topological polar surface area (TPSA) is 40.6 Å². The van der Waals surface area contributed by atoms with Gasteiger partial charge in [-0.2, -0.15) is 4.31 Å². The van der Waals surface area contributed by atoms with Gasteiger partial charge in [-0.1, -0.05) is 19.9 Å². The second kappa shape index (κ2) is 5.58. The van der Waals surface area contributed by atoms with E-state index in [1.165, 1.54) is 11.3 Å². The lowest BCUT2D eigenvalue weighted by atomic mass is 9.64. The molecule has 0 saturated carbocycles. The summed E-state index contributed by atoms with van der Waals surface area (Å²) >= 11 is 1.32. The number of hydrogen-bond donors (Lipinski definition) is 0. The Bertz CT molecular complexity index is 605. The summed E-state index contributed by atoms with van der Waals surface area (Å²) in [4.78, 5) is 2.51. The smallest absolute Gasteiger partial charge is 0.252 e. The van der Waals surface area contributed by atoms with Crippen LogP contribution in [0.3, 0.4) is 0 Å². The van der Waals surface area contributed by atoms with E-state index in [1.54, 1.807) is 10.4 Å². The molecule has 2 atom stereocenters. The van der Waals surface area contributed by atoms with Gasteiger partial charge in [-0.15, -0.1) is 11.3 Å². The van der Waals surface area contributed by atoms with Crippen molar-refractivity contribution >= 4 is 21.4 Å². The van der Waals surface area contributed by atoms with E-state index in [9.17, 15) is 8.42 Å². The van der Waals surface area contributed by atoms with E-state index < -0.39 is 10.0 Å². The Morgan fingerprint density at radius 1 is 1.18 bits per heavy atom. The maximum atomic E-state index is 12.8. The largest absolute Gasteiger partial charge is 0.300 e. The highest BCUT2D eigenvalue weighted by Gasteiger charge is 2.50. The van der Waals surface area contributed by atoms with Crippen LogP contribution >= 0.6 is 11.3 Å². The molecular formula is C16H26N2O2S2. The average Bonchev–Trinajstić information content (AvgIpc) is 2.90. The van der Waals surface area contributed by atoms with Crippen LogP contribution in [0.15, 0.2) is 21.7 Å². The van der Waals surface area contributed by atoms with Gasteiger partial charge in [0.25, 0.3) is 10.0 Å². The van der Waals surface area contributed by atoms with E-state index in [-0.39, 0.29) is 5.41 Å². The third-order valence-corrected chi connectivity index (χ3v) is 8.89. The summed E-state index contributed by atoms with van der Waals surface area (Å²) in [7, 11) is -3.32. The lowest BCUT2D eigenvalue weighted by molar-refractivity contribution is -0.0586. The third kappa shape index (κ3) is 2.64. The number of piperidine rings is 2. The van der Waals surface area contributed by atoms with E-state index in [4.69, 9.17) is 0 Å². The van der Waals surface area contributed by atoms with Crippen LogP contribution in [0.2, 0.25) is 0 Å². The molecule has 22 heavy (non-hydrogen) atoms. The van der Waals surface area contributed by atoms with Gasteiger partial charge in [0.15, 0.2) is 0 Å². The molecule has 3 rings (SSSR count). The molecule has 4 nitrogen and oxygen atoms in total. The van der Waals surface area contributed by atoms with Crippen LogP contribution in [0.25, 0.3) is 0 Å². The summed E-state index contributed by atoms with van der Waals surface area (Å²) in [6.45, 7) is 12.4.